The van der Waals surface area contributed by atoms with Crippen molar-refractivity contribution in [2.24, 2.45) is 0 Å². The summed E-state index contributed by atoms with van der Waals surface area (Å²) in [5, 5.41) is 0. The van der Waals surface area contributed by atoms with Crippen molar-refractivity contribution in [3.05, 3.63) is 164 Å². The average molecular weight is 713 g/mol. The van der Waals surface area contributed by atoms with Crippen molar-refractivity contribution in [1.29, 1.82) is 0 Å². The van der Waals surface area contributed by atoms with Crippen LogP contribution in [0.15, 0.2) is 97.1 Å². The third kappa shape index (κ3) is 13.1. The van der Waals surface area contributed by atoms with Crippen LogP contribution in [0.4, 0.5) is 0 Å². The molecule has 0 fully saturated rings. The summed E-state index contributed by atoms with van der Waals surface area (Å²) in [6, 6.07) is 35.7. The molecule has 1 heterocycles. The van der Waals surface area contributed by atoms with E-state index in [4.69, 9.17) is 9.97 Å². The lowest BCUT2D eigenvalue weighted by Crippen LogP contribution is -2.00. The Morgan fingerprint density at radius 2 is 0.500 bits per heavy atom. The maximum Gasteiger partial charge on any atom is 0.0894 e. The van der Waals surface area contributed by atoms with Crippen LogP contribution in [-0.4, -0.2) is 9.97 Å². The molecule has 0 aliphatic rings. The quantitative estimate of drug-likeness (QED) is 0.0803. The van der Waals surface area contributed by atoms with E-state index in [0.29, 0.717) is 0 Å². The van der Waals surface area contributed by atoms with Crippen LogP contribution >= 0.6 is 0 Å². The van der Waals surface area contributed by atoms with Crippen LogP contribution in [0.3, 0.4) is 0 Å². The van der Waals surface area contributed by atoms with E-state index >= 15 is 0 Å². The van der Waals surface area contributed by atoms with Gasteiger partial charge in [-0.15, -0.1) is 0 Å². The van der Waals surface area contributed by atoms with Gasteiger partial charge in [0, 0.05) is 0 Å². The summed E-state index contributed by atoms with van der Waals surface area (Å²) >= 11 is 0. The zero-order valence-corrected chi connectivity index (χ0v) is 33.2. The normalized spacial score (nSPS) is 11.9. The van der Waals surface area contributed by atoms with Crippen LogP contribution in [0.2, 0.25) is 0 Å². The molecule has 0 N–H and O–H groups in total. The second-order valence-corrected chi connectivity index (χ2v) is 14.5. The number of hydrogen-bond donors (Lipinski definition) is 0. The van der Waals surface area contributed by atoms with Gasteiger partial charge < -0.3 is 0 Å². The molecule has 2 nitrogen and oxygen atoms in total. The maximum atomic E-state index is 5.30. The van der Waals surface area contributed by atoms with E-state index in [1.165, 1.54) is 73.6 Å². The SMILES string of the molecule is CCCCc1ccc(/C=C/c2nc(/C=C/c3ccc(CCCC)cc3)c(/C=C/c3ccc(CCCC)cc3)nc2/C=C/c2ccc(CCCC)cc2)cc1. The van der Waals surface area contributed by atoms with Gasteiger partial charge in [0.25, 0.3) is 0 Å². The monoisotopic (exact) mass is 712 g/mol. The predicted octanol–water partition coefficient (Wildman–Crippen LogP) is 14.5. The molecule has 278 valence electrons. The summed E-state index contributed by atoms with van der Waals surface area (Å²) in [4.78, 5) is 10.6. The van der Waals surface area contributed by atoms with Gasteiger partial charge in [-0.1, -0.05) is 175 Å². The van der Waals surface area contributed by atoms with Crippen LogP contribution < -0.4 is 0 Å². The summed E-state index contributed by atoms with van der Waals surface area (Å²) in [6.07, 6.45) is 31.3. The number of unbranched alkanes of at least 4 members (excludes halogenated alkanes) is 4. The molecule has 0 amide bonds. The van der Waals surface area contributed by atoms with E-state index in [1.807, 2.05) is 0 Å². The molecule has 0 saturated carbocycles. The molecule has 1 aromatic heterocycles. The Labute approximate surface area is 326 Å². The Hall–Kier alpha value is -5.08. The molecule has 0 radical (unpaired) electrons. The Balaban J connectivity index is 1.53. The second kappa shape index (κ2) is 22.2. The summed E-state index contributed by atoms with van der Waals surface area (Å²) in [5.74, 6) is 0. The lowest BCUT2D eigenvalue weighted by molar-refractivity contribution is 0.795. The van der Waals surface area contributed by atoms with Gasteiger partial charge in [0.15, 0.2) is 0 Å². The van der Waals surface area contributed by atoms with Gasteiger partial charge in [-0.2, -0.15) is 0 Å². The fourth-order valence-electron chi connectivity index (χ4n) is 6.39. The van der Waals surface area contributed by atoms with Gasteiger partial charge in [-0.25, -0.2) is 9.97 Å². The van der Waals surface area contributed by atoms with Crippen LogP contribution in [0.5, 0.6) is 0 Å². The number of aromatic nitrogens is 2. The second-order valence-electron chi connectivity index (χ2n) is 14.5. The molecule has 54 heavy (non-hydrogen) atoms. The van der Waals surface area contributed by atoms with Crippen molar-refractivity contribution < 1.29 is 0 Å². The average Bonchev–Trinajstić information content (AvgIpc) is 3.22. The molecule has 0 aliphatic heterocycles. The molecule has 0 aliphatic carbocycles. The first kappa shape index (κ1) is 40.1. The molecule has 0 bridgehead atoms. The Morgan fingerprint density at radius 1 is 0.296 bits per heavy atom. The summed E-state index contributed by atoms with van der Waals surface area (Å²) in [6.45, 7) is 8.97. The molecule has 0 saturated heterocycles. The molecule has 5 aromatic rings. The third-order valence-electron chi connectivity index (χ3n) is 9.94. The van der Waals surface area contributed by atoms with Crippen LogP contribution in [-0.2, 0) is 25.7 Å². The minimum Gasteiger partial charge on any atom is -0.245 e. The number of aryl methyl sites for hydroxylation is 4. The van der Waals surface area contributed by atoms with Gasteiger partial charge in [-0.3, -0.25) is 0 Å². The van der Waals surface area contributed by atoms with E-state index in [2.05, 4.69) is 173 Å². The summed E-state index contributed by atoms with van der Waals surface area (Å²) in [5.41, 5.74) is 13.5. The molecule has 0 unspecified atom stereocenters. The minimum atomic E-state index is 0.841. The standard InChI is InChI=1S/C52H60N2/c1-5-9-13-41-17-25-45(26-18-41)33-37-49-50(38-34-46-27-19-42(20-28-46)14-10-6-2)54-52(40-36-48-31-23-44(24-32-48)16-12-8-4)51(53-49)39-35-47-29-21-43(22-30-47)15-11-7-3/h17-40H,5-16H2,1-4H3/b37-33+,38-34+,39-35+,40-36+. The predicted molar refractivity (Wildman–Crippen MR) is 238 cm³/mol. The lowest BCUT2D eigenvalue weighted by Gasteiger charge is -2.08. The highest BCUT2D eigenvalue weighted by Gasteiger charge is 2.09. The van der Waals surface area contributed by atoms with Crippen molar-refractivity contribution in [1.82, 2.24) is 9.97 Å². The van der Waals surface area contributed by atoms with Crippen molar-refractivity contribution >= 4 is 48.6 Å². The van der Waals surface area contributed by atoms with Crippen molar-refractivity contribution in [3.63, 3.8) is 0 Å². The molecular formula is C52H60N2. The molecule has 4 aromatic carbocycles. The Kier molecular flexibility index (Phi) is 16.5. The summed E-state index contributed by atoms with van der Waals surface area (Å²) < 4.78 is 0. The Bertz CT molecular complexity index is 1670. The highest BCUT2D eigenvalue weighted by Crippen LogP contribution is 2.22. The lowest BCUT2D eigenvalue weighted by atomic mass is 10.0. The number of rotatable bonds is 20. The fourth-order valence-corrected chi connectivity index (χ4v) is 6.39. The fraction of sp³-hybridized carbons (Fsp3) is 0.308. The van der Waals surface area contributed by atoms with Gasteiger partial charge in [-0.05, 0) is 120 Å². The van der Waals surface area contributed by atoms with Crippen LogP contribution in [0.1, 0.15) is 146 Å². The van der Waals surface area contributed by atoms with Gasteiger partial charge in [0.2, 0.25) is 0 Å². The molecule has 5 rings (SSSR count). The van der Waals surface area contributed by atoms with E-state index in [1.54, 1.807) is 0 Å². The zero-order valence-electron chi connectivity index (χ0n) is 33.2. The highest BCUT2D eigenvalue weighted by atomic mass is 14.8. The smallest absolute Gasteiger partial charge is 0.0894 e. The molecular weight excluding hydrogens is 653 g/mol. The van der Waals surface area contributed by atoms with Crippen LogP contribution in [0, 0.1) is 0 Å². The minimum absolute atomic E-state index is 0.841. The topological polar surface area (TPSA) is 25.8 Å². The maximum absolute atomic E-state index is 5.30. The molecule has 0 atom stereocenters. The first-order valence-corrected chi connectivity index (χ1v) is 20.6. The number of nitrogens with zero attached hydrogens (tertiary/aromatic N) is 2. The van der Waals surface area contributed by atoms with Gasteiger partial charge in [0.1, 0.15) is 0 Å². The first-order valence-electron chi connectivity index (χ1n) is 20.6. The van der Waals surface area contributed by atoms with Gasteiger partial charge >= 0.3 is 0 Å². The number of hydrogen-bond acceptors (Lipinski definition) is 2. The van der Waals surface area contributed by atoms with Gasteiger partial charge in [0.05, 0.1) is 22.8 Å². The van der Waals surface area contributed by atoms with E-state index in [0.717, 1.165) is 70.7 Å². The molecule has 2 heteroatoms. The van der Waals surface area contributed by atoms with E-state index in [-0.39, 0.29) is 0 Å². The van der Waals surface area contributed by atoms with Crippen molar-refractivity contribution in [2.45, 2.75) is 105 Å². The molecule has 0 spiro atoms. The van der Waals surface area contributed by atoms with E-state index < -0.39 is 0 Å². The zero-order chi connectivity index (χ0) is 37.8. The number of benzene rings is 4. The summed E-state index contributed by atoms with van der Waals surface area (Å²) in [7, 11) is 0. The largest absolute Gasteiger partial charge is 0.245 e. The van der Waals surface area contributed by atoms with Crippen LogP contribution in [0.25, 0.3) is 48.6 Å². The van der Waals surface area contributed by atoms with Crippen molar-refractivity contribution in [3.8, 4) is 0 Å². The highest BCUT2D eigenvalue weighted by molar-refractivity contribution is 5.81. The Morgan fingerprint density at radius 3 is 0.685 bits per heavy atom. The third-order valence-corrected chi connectivity index (χ3v) is 9.94. The van der Waals surface area contributed by atoms with Crippen molar-refractivity contribution in [2.75, 3.05) is 0 Å². The van der Waals surface area contributed by atoms with E-state index in [9.17, 15) is 0 Å². The first-order chi connectivity index (χ1) is 26.6.